The first kappa shape index (κ1) is 9.60. The molecule has 1 heterocycles. The highest BCUT2D eigenvalue weighted by atomic mass is 16.5. The van der Waals surface area contributed by atoms with Crippen molar-refractivity contribution < 1.29 is 14.6 Å². The zero-order valence-electron chi connectivity index (χ0n) is 7.17. The van der Waals surface area contributed by atoms with Gasteiger partial charge >= 0.3 is 5.97 Å². The zero-order chi connectivity index (χ0) is 9.68. The minimum absolute atomic E-state index is 0.0795. The largest absolute Gasteiger partial charge is 0.469 e. The lowest BCUT2D eigenvalue weighted by atomic mass is 10.1. The van der Waals surface area contributed by atoms with Crippen LogP contribution in [0.4, 0.5) is 0 Å². The summed E-state index contributed by atoms with van der Waals surface area (Å²) in [4.78, 5) is 18.2. The minimum atomic E-state index is -0.895. The molecular formula is C8H10N2O3. The third kappa shape index (κ3) is 2.79. The van der Waals surface area contributed by atoms with Crippen LogP contribution in [0.15, 0.2) is 18.7 Å². The van der Waals surface area contributed by atoms with E-state index < -0.39 is 12.1 Å². The van der Waals surface area contributed by atoms with Gasteiger partial charge in [0.2, 0.25) is 0 Å². The lowest BCUT2D eigenvalue weighted by molar-refractivity contribution is -0.142. The third-order valence-electron chi connectivity index (χ3n) is 1.55. The number of aliphatic hydroxyl groups is 1. The van der Waals surface area contributed by atoms with Crippen LogP contribution in [0.1, 0.15) is 18.1 Å². The van der Waals surface area contributed by atoms with Crippen molar-refractivity contribution in [2.24, 2.45) is 0 Å². The zero-order valence-corrected chi connectivity index (χ0v) is 7.17. The highest BCUT2D eigenvalue weighted by Crippen LogP contribution is 2.13. The van der Waals surface area contributed by atoms with Crippen LogP contribution >= 0.6 is 0 Å². The summed E-state index contributed by atoms with van der Waals surface area (Å²) in [6.07, 6.45) is 3.30. The van der Waals surface area contributed by atoms with E-state index in [9.17, 15) is 9.90 Å². The van der Waals surface area contributed by atoms with E-state index in [1.165, 1.54) is 25.8 Å². The molecule has 1 aromatic heterocycles. The third-order valence-corrected chi connectivity index (χ3v) is 1.55. The van der Waals surface area contributed by atoms with Gasteiger partial charge in [0.25, 0.3) is 0 Å². The number of ether oxygens (including phenoxy) is 1. The van der Waals surface area contributed by atoms with E-state index in [2.05, 4.69) is 14.7 Å². The Balaban J connectivity index is 2.59. The van der Waals surface area contributed by atoms with Crippen molar-refractivity contribution >= 4 is 5.97 Å². The Labute approximate surface area is 75.4 Å². The van der Waals surface area contributed by atoms with Crippen LogP contribution in [0.2, 0.25) is 0 Å². The van der Waals surface area contributed by atoms with Crippen LogP contribution in [0.5, 0.6) is 0 Å². The molecule has 70 valence electrons. The second kappa shape index (κ2) is 4.51. The van der Waals surface area contributed by atoms with Crippen LogP contribution in [0, 0.1) is 0 Å². The second-order valence-electron chi connectivity index (χ2n) is 2.47. The molecule has 1 rings (SSSR count). The summed E-state index contributed by atoms with van der Waals surface area (Å²) in [7, 11) is 1.27. The van der Waals surface area contributed by atoms with E-state index in [1.807, 2.05) is 0 Å². The summed E-state index contributed by atoms with van der Waals surface area (Å²) in [5.41, 5.74) is 0.507. The highest BCUT2D eigenvalue weighted by molar-refractivity contribution is 5.69. The average Bonchev–Trinajstić information content (AvgIpc) is 2.19. The molecule has 0 saturated heterocycles. The van der Waals surface area contributed by atoms with Gasteiger partial charge in [-0.15, -0.1) is 0 Å². The Kier molecular flexibility index (Phi) is 3.33. The summed E-state index contributed by atoms with van der Waals surface area (Å²) < 4.78 is 4.40. The van der Waals surface area contributed by atoms with Crippen LogP contribution in [-0.4, -0.2) is 28.2 Å². The number of hydrogen-bond acceptors (Lipinski definition) is 5. The van der Waals surface area contributed by atoms with Gasteiger partial charge in [-0.1, -0.05) is 0 Å². The fraction of sp³-hybridized carbons (Fsp3) is 0.375. The number of hydrogen-bond donors (Lipinski definition) is 1. The monoisotopic (exact) mass is 182 g/mol. The van der Waals surface area contributed by atoms with Gasteiger partial charge in [-0.3, -0.25) is 4.79 Å². The van der Waals surface area contributed by atoms with Crippen LogP contribution in [0.3, 0.4) is 0 Å². The molecule has 0 spiro atoms. The van der Waals surface area contributed by atoms with Crippen molar-refractivity contribution in [3.8, 4) is 0 Å². The van der Waals surface area contributed by atoms with E-state index in [0.717, 1.165) is 0 Å². The average molecular weight is 182 g/mol. The first-order chi connectivity index (χ1) is 6.24. The van der Waals surface area contributed by atoms with E-state index >= 15 is 0 Å². The summed E-state index contributed by atoms with van der Waals surface area (Å²) in [5.74, 6) is -0.462. The Hall–Kier alpha value is -1.49. The smallest absolute Gasteiger partial charge is 0.308 e. The lowest BCUT2D eigenvalue weighted by Gasteiger charge is -2.07. The number of carbonyl (C=O) groups excluding carboxylic acids is 1. The first-order valence-electron chi connectivity index (χ1n) is 3.74. The van der Waals surface area contributed by atoms with Gasteiger partial charge in [0.15, 0.2) is 0 Å². The Morgan fingerprint density at radius 2 is 2.23 bits per heavy atom. The summed E-state index contributed by atoms with van der Waals surface area (Å²) in [6.45, 7) is 0. The minimum Gasteiger partial charge on any atom is -0.469 e. The molecule has 0 unspecified atom stereocenters. The standard InChI is InChI=1S/C8H10N2O3/c1-13-8(12)2-7(11)6-3-9-5-10-4-6/h3-5,7,11H,2H2,1H3/t7-/m0/s1. The summed E-state index contributed by atoms with van der Waals surface area (Å²) >= 11 is 0. The molecule has 0 bridgehead atoms. The normalized spacial score (nSPS) is 12.2. The number of rotatable bonds is 3. The lowest BCUT2D eigenvalue weighted by Crippen LogP contribution is -2.08. The number of esters is 1. The molecule has 0 saturated carbocycles. The van der Waals surface area contributed by atoms with E-state index in [1.54, 1.807) is 0 Å². The fourth-order valence-electron chi connectivity index (χ4n) is 0.842. The van der Waals surface area contributed by atoms with Gasteiger partial charge < -0.3 is 9.84 Å². The van der Waals surface area contributed by atoms with Crippen LogP contribution in [0.25, 0.3) is 0 Å². The maximum Gasteiger partial charge on any atom is 0.308 e. The molecule has 0 amide bonds. The van der Waals surface area contributed by atoms with Crippen molar-refractivity contribution in [1.29, 1.82) is 0 Å². The molecule has 5 nitrogen and oxygen atoms in total. The van der Waals surface area contributed by atoms with Gasteiger partial charge in [-0.05, 0) is 0 Å². The molecule has 0 radical (unpaired) electrons. The van der Waals surface area contributed by atoms with Crippen molar-refractivity contribution in [3.05, 3.63) is 24.3 Å². The Morgan fingerprint density at radius 1 is 1.62 bits per heavy atom. The van der Waals surface area contributed by atoms with Gasteiger partial charge in [0.1, 0.15) is 6.33 Å². The fourth-order valence-corrected chi connectivity index (χ4v) is 0.842. The molecule has 0 aliphatic carbocycles. The van der Waals surface area contributed by atoms with Gasteiger partial charge in [0, 0.05) is 18.0 Å². The van der Waals surface area contributed by atoms with E-state index in [0.29, 0.717) is 5.56 Å². The van der Waals surface area contributed by atoms with Crippen LogP contribution < -0.4 is 0 Å². The van der Waals surface area contributed by atoms with Crippen molar-refractivity contribution in [2.75, 3.05) is 7.11 Å². The predicted octanol–water partition coefficient (Wildman–Crippen LogP) is 0.0731. The number of carbonyl (C=O) groups is 1. The number of nitrogens with zero attached hydrogens (tertiary/aromatic N) is 2. The maximum absolute atomic E-state index is 10.8. The van der Waals surface area contributed by atoms with Gasteiger partial charge in [-0.25, -0.2) is 9.97 Å². The molecule has 0 aliphatic heterocycles. The Morgan fingerprint density at radius 3 is 2.77 bits per heavy atom. The molecule has 5 heteroatoms. The van der Waals surface area contributed by atoms with Crippen LogP contribution in [-0.2, 0) is 9.53 Å². The molecule has 0 aliphatic rings. The van der Waals surface area contributed by atoms with Crippen molar-refractivity contribution in [3.63, 3.8) is 0 Å². The molecule has 0 fully saturated rings. The Bertz CT molecular complexity index is 276. The van der Waals surface area contributed by atoms with E-state index in [-0.39, 0.29) is 6.42 Å². The predicted molar refractivity (Wildman–Crippen MR) is 43.6 cm³/mol. The maximum atomic E-state index is 10.8. The second-order valence-corrected chi connectivity index (χ2v) is 2.47. The van der Waals surface area contributed by atoms with Crippen molar-refractivity contribution in [2.45, 2.75) is 12.5 Å². The molecular weight excluding hydrogens is 172 g/mol. The topological polar surface area (TPSA) is 72.3 Å². The molecule has 1 N–H and O–H groups in total. The summed E-state index contributed by atoms with van der Waals surface area (Å²) in [5, 5.41) is 9.44. The molecule has 13 heavy (non-hydrogen) atoms. The number of methoxy groups -OCH3 is 1. The van der Waals surface area contributed by atoms with Crippen molar-refractivity contribution in [1.82, 2.24) is 9.97 Å². The molecule has 0 aromatic carbocycles. The van der Waals surface area contributed by atoms with Gasteiger partial charge in [0.05, 0.1) is 19.6 Å². The SMILES string of the molecule is COC(=O)C[C@H](O)c1cncnc1. The molecule has 1 aromatic rings. The first-order valence-corrected chi connectivity index (χ1v) is 3.74. The number of aromatic nitrogens is 2. The quantitative estimate of drug-likeness (QED) is 0.670. The highest BCUT2D eigenvalue weighted by Gasteiger charge is 2.13. The van der Waals surface area contributed by atoms with E-state index in [4.69, 9.17) is 0 Å². The summed E-state index contributed by atoms with van der Waals surface area (Å²) in [6, 6.07) is 0. The molecule has 1 atom stereocenters. The number of aliphatic hydroxyl groups excluding tert-OH is 1. The van der Waals surface area contributed by atoms with Gasteiger partial charge in [-0.2, -0.15) is 0 Å².